The molecule has 0 bridgehead atoms. The molecule has 2 amide bonds. The third-order valence-electron chi connectivity index (χ3n) is 7.16. The van der Waals surface area contributed by atoms with Crippen LogP contribution in [0.4, 0.5) is 4.39 Å². The van der Waals surface area contributed by atoms with Crippen molar-refractivity contribution in [2.24, 2.45) is 0 Å². The number of aromatic nitrogens is 1. The van der Waals surface area contributed by atoms with Crippen molar-refractivity contribution in [3.05, 3.63) is 94.5 Å². The molecule has 0 saturated heterocycles. The molecule has 202 valence electrons. The maximum absolute atomic E-state index is 13.9. The molecule has 0 aliphatic heterocycles. The fourth-order valence-electron chi connectivity index (χ4n) is 5.03. The minimum atomic E-state index is -0.413. The minimum Gasteiger partial charge on any atom is -0.383 e. The second-order valence-corrected chi connectivity index (χ2v) is 10.2. The van der Waals surface area contributed by atoms with Crippen LogP contribution in [0.15, 0.2) is 66.9 Å². The van der Waals surface area contributed by atoms with Crippen LogP contribution < -0.4 is 0 Å². The molecule has 1 heterocycles. The van der Waals surface area contributed by atoms with Gasteiger partial charge in [-0.15, -0.1) is 0 Å². The van der Waals surface area contributed by atoms with E-state index >= 15 is 0 Å². The highest BCUT2D eigenvalue weighted by molar-refractivity contribution is 6.31. The van der Waals surface area contributed by atoms with Crippen LogP contribution in [0.3, 0.4) is 0 Å². The summed E-state index contributed by atoms with van der Waals surface area (Å²) in [4.78, 5) is 30.6. The molecule has 3 aromatic rings. The van der Waals surface area contributed by atoms with E-state index in [-0.39, 0.29) is 30.9 Å². The molecule has 0 N–H and O–H groups in total. The van der Waals surface area contributed by atoms with E-state index < -0.39 is 5.82 Å². The van der Waals surface area contributed by atoms with Gasteiger partial charge in [0.25, 0.3) is 5.91 Å². The molecule has 1 fully saturated rings. The number of hydrogen-bond donors (Lipinski definition) is 0. The van der Waals surface area contributed by atoms with Gasteiger partial charge in [-0.05, 0) is 60.9 Å². The fraction of sp³-hybridized carbons (Fsp3) is 0.400. The quantitative estimate of drug-likeness (QED) is 0.310. The van der Waals surface area contributed by atoms with E-state index in [1.807, 2.05) is 47.5 Å². The average Bonchev–Trinajstić information content (AvgIpc) is 3.37. The summed E-state index contributed by atoms with van der Waals surface area (Å²) < 4.78 is 20.8. The Morgan fingerprint density at radius 3 is 2.47 bits per heavy atom. The summed E-state index contributed by atoms with van der Waals surface area (Å²) in [7, 11) is 1.56. The van der Waals surface area contributed by atoms with Crippen molar-refractivity contribution in [2.75, 3.05) is 26.8 Å². The van der Waals surface area contributed by atoms with E-state index in [0.717, 1.165) is 36.9 Å². The van der Waals surface area contributed by atoms with Crippen LogP contribution >= 0.6 is 11.6 Å². The Morgan fingerprint density at radius 2 is 1.76 bits per heavy atom. The predicted molar refractivity (Wildman–Crippen MR) is 147 cm³/mol. The highest BCUT2D eigenvalue weighted by atomic mass is 35.5. The molecule has 1 aliphatic carbocycles. The second kappa shape index (κ2) is 13.6. The minimum absolute atomic E-state index is 0.0682. The molecule has 38 heavy (non-hydrogen) atoms. The topological polar surface area (TPSA) is 54.8 Å². The number of carbonyl (C=O) groups excluding carboxylic acids is 2. The lowest BCUT2D eigenvalue weighted by Crippen LogP contribution is -2.48. The third-order valence-corrected chi connectivity index (χ3v) is 7.53. The lowest BCUT2D eigenvalue weighted by Gasteiger charge is -2.36. The number of methoxy groups -OCH3 is 1. The van der Waals surface area contributed by atoms with Crippen molar-refractivity contribution in [1.82, 2.24) is 14.4 Å². The van der Waals surface area contributed by atoms with Gasteiger partial charge in [0.15, 0.2) is 0 Å². The van der Waals surface area contributed by atoms with Gasteiger partial charge in [-0.1, -0.05) is 49.1 Å². The molecular weight excluding hydrogens is 505 g/mol. The number of ether oxygens (including phenoxy) is 1. The Hall–Kier alpha value is -3.16. The smallest absolute Gasteiger partial charge is 0.254 e. The van der Waals surface area contributed by atoms with Gasteiger partial charge >= 0.3 is 0 Å². The largest absolute Gasteiger partial charge is 0.383 e. The first-order valence-corrected chi connectivity index (χ1v) is 13.5. The van der Waals surface area contributed by atoms with Gasteiger partial charge < -0.3 is 19.1 Å². The summed E-state index contributed by atoms with van der Waals surface area (Å²) in [5, 5.41) is 0.709. The zero-order chi connectivity index (χ0) is 26.9. The fourth-order valence-corrected chi connectivity index (χ4v) is 5.22. The normalized spacial score (nSPS) is 13.9. The first kappa shape index (κ1) is 27.9. The Kier molecular flexibility index (Phi) is 9.96. The Bertz CT molecular complexity index is 1210. The lowest BCUT2D eigenvalue weighted by molar-refractivity contribution is -0.136. The van der Waals surface area contributed by atoms with Crippen LogP contribution in [0.5, 0.6) is 0 Å². The molecule has 8 heteroatoms. The molecule has 1 aromatic heterocycles. The summed E-state index contributed by atoms with van der Waals surface area (Å²) in [6, 6.07) is 17.3. The first-order chi connectivity index (χ1) is 18.5. The van der Waals surface area contributed by atoms with Gasteiger partial charge in [0.2, 0.25) is 5.91 Å². The predicted octanol–water partition coefficient (Wildman–Crippen LogP) is 5.78. The average molecular weight is 540 g/mol. The lowest BCUT2D eigenvalue weighted by atomic mass is 9.94. The summed E-state index contributed by atoms with van der Waals surface area (Å²) >= 11 is 6.41. The van der Waals surface area contributed by atoms with Crippen LogP contribution in [0.25, 0.3) is 0 Å². The molecule has 0 spiro atoms. The van der Waals surface area contributed by atoms with Crippen LogP contribution in [0.2, 0.25) is 5.02 Å². The van der Waals surface area contributed by atoms with E-state index in [9.17, 15) is 14.0 Å². The number of amides is 2. The number of hydrogen-bond acceptors (Lipinski definition) is 3. The molecule has 0 unspecified atom stereocenters. The van der Waals surface area contributed by atoms with E-state index in [0.29, 0.717) is 30.3 Å². The molecule has 4 rings (SSSR count). The Labute approximate surface area is 228 Å². The maximum atomic E-state index is 13.9. The van der Waals surface area contributed by atoms with Crippen LogP contribution in [-0.2, 0) is 22.6 Å². The van der Waals surface area contributed by atoms with Gasteiger partial charge in [0.05, 0.1) is 13.2 Å². The molecule has 6 nitrogen and oxygen atoms in total. The Morgan fingerprint density at radius 1 is 1.03 bits per heavy atom. The zero-order valence-electron chi connectivity index (χ0n) is 21.8. The SMILES string of the molecule is COCCN(CC(=O)N(Cc1cccn1Cc1ccccc1Cl)C1CCCCC1)C(=O)c1ccc(F)cc1. The van der Waals surface area contributed by atoms with E-state index in [2.05, 4.69) is 4.57 Å². The number of benzene rings is 2. The van der Waals surface area contributed by atoms with Gasteiger partial charge in [-0.3, -0.25) is 9.59 Å². The highest BCUT2D eigenvalue weighted by Crippen LogP contribution is 2.26. The van der Waals surface area contributed by atoms with Gasteiger partial charge in [-0.2, -0.15) is 0 Å². The van der Waals surface area contributed by atoms with Crippen molar-refractivity contribution in [2.45, 2.75) is 51.2 Å². The summed E-state index contributed by atoms with van der Waals surface area (Å²) in [5.41, 5.74) is 2.36. The van der Waals surface area contributed by atoms with E-state index in [1.54, 1.807) is 7.11 Å². The molecule has 1 aliphatic rings. The molecular formula is C30H35ClFN3O3. The van der Waals surface area contributed by atoms with Gasteiger partial charge in [-0.25, -0.2) is 4.39 Å². The van der Waals surface area contributed by atoms with Crippen molar-refractivity contribution < 1.29 is 18.7 Å². The van der Waals surface area contributed by atoms with E-state index in [4.69, 9.17) is 16.3 Å². The Balaban J connectivity index is 1.55. The van der Waals surface area contributed by atoms with E-state index in [1.165, 1.54) is 35.6 Å². The summed E-state index contributed by atoms with van der Waals surface area (Å²) in [5.74, 6) is -0.834. The van der Waals surface area contributed by atoms with Gasteiger partial charge in [0.1, 0.15) is 12.4 Å². The number of halogens is 2. The molecule has 1 saturated carbocycles. The molecule has 0 radical (unpaired) electrons. The number of carbonyl (C=O) groups is 2. The number of rotatable bonds is 11. The monoisotopic (exact) mass is 539 g/mol. The summed E-state index contributed by atoms with van der Waals surface area (Å²) in [6.45, 7) is 1.55. The third kappa shape index (κ3) is 7.23. The zero-order valence-corrected chi connectivity index (χ0v) is 22.6. The molecule has 2 aromatic carbocycles. The van der Waals surface area contributed by atoms with Crippen LogP contribution in [-0.4, -0.2) is 59.0 Å². The standard InChI is InChI=1S/C30H35ClFN3O3/c1-38-19-18-34(30(37)23-13-15-25(32)16-14-23)22-29(36)35(26-9-3-2-4-10-26)21-27-11-7-17-33(27)20-24-8-5-6-12-28(24)31/h5-8,11-17,26H,2-4,9-10,18-22H2,1H3. The highest BCUT2D eigenvalue weighted by Gasteiger charge is 2.29. The van der Waals surface area contributed by atoms with Gasteiger partial charge in [0, 0.05) is 48.7 Å². The van der Waals surface area contributed by atoms with Crippen LogP contribution in [0, 0.1) is 5.82 Å². The van der Waals surface area contributed by atoms with Crippen molar-refractivity contribution >= 4 is 23.4 Å². The molecule has 0 atom stereocenters. The second-order valence-electron chi connectivity index (χ2n) is 9.76. The maximum Gasteiger partial charge on any atom is 0.254 e. The first-order valence-electron chi connectivity index (χ1n) is 13.2. The van der Waals surface area contributed by atoms with Crippen LogP contribution in [0.1, 0.15) is 53.7 Å². The van der Waals surface area contributed by atoms with Crippen molar-refractivity contribution in [3.63, 3.8) is 0 Å². The number of nitrogens with zero attached hydrogens (tertiary/aromatic N) is 3. The summed E-state index contributed by atoms with van der Waals surface area (Å²) in [6.07, 6.45) is 7.23. The van der Waals surface area contributed by atoms with Crippen molar-refractivity contribution in [3.8, 4) is 0 Å². The van der Waals surface area contributed by atoms with Crippen molar-refractivity contribution in [1.29, 1.82) is 0 Å².